The molecule has 0 saturated carbocycles. The van der Waals surface area contributed by atoms with Gasteiger partial charge in [-0.05, 0) is 12.1 Å². The smallest absolute Gasteiger partial charge is 0.230 e. The number of hydrogen-bond donors (Lipinski definition) is 3. The number of anilines is 5. The Bertz CT molecular complexity index is 1100. The van der Waals surface area contributed by atoms with Crippen LogP contribution in [0.5, 0.6) is 5.75 Å². The Morgan fingerprint density at radius 3 is 2.61 bits per heavy atom. The van der Waals surface area contributed by atoms with E-state index >= 15 is 0 Å². The minimum Gasteiger partial charge on any atom is -0.497 e. The van der Waals surface area contributed by atoms with Crippen molar-refractivity contribution < 1.29 is 13.2 Å². The van der Waals surface area contributed by atoms with Crippen LogP contribution in [-0.2, 0) is 17.1 Å². The average Bonchev–Trinajstić information content (AvgIpc) is 3.02. The number of benzene rings is 1. The van der Waals surface area contributed by atoms with E-state index in [1.54, 1.807) is 42.2 Å². The van der Waals surface area contributed by atoms with E-state index in [0.29, 0.717) is 29.0 Å². The third-order valence-electron chi connectivity index (χ3n) is 3.58. The van der Waals surface area contributed by atoms with Gasteiger partial charge in [0.25, 0.3) is 0 Å². The van der Waals surface area contributed by atoms with Gasteiger partial charge in [-0.2, -0.15) is 10.1 Å². The summed E-state index contributed by atoms with van der Waals surface area (Å²) < 4.78 is 32.6. The molecule has 0 aliphatic carbocycles. The first kappa shape index (κ1) is 19.7. The lowest BCUT2D eigenvalue weighted by Crippen LogP contribution is -2.12. The molecule has 2 heterocycles. The second kappa shape index (κ2) is 7.90. The fraction of sp³-hybridized carbons (Fsp3) is 0.188. The molecule has 0 atom stereocenters. The quantitative estimate of drug-likeness (QED) is 0.530. The zero-order valence-corrected chi connectivity index (χ0v) is 16.8. The molecule has 2 aromatic heterocycles. The number of rotatable bonds is 7. The van der Waals surface area contributed by atoms with Crippen LogP contribution in [0.2, 0.25) is 5.02 Å². The molecule has 148 valence electrons. The van der Waals surface area contributed by atoms with Gasteiger partial charge < -0.3 is 15.4 Å². The van der Waals surface area contributed by atoms with E-state index in [4.69, 9.17) is 16.3 Å². The van der Waals surface area contributed by atoms with Gasteiger partial charge in [-0.15, -0.1) is 0 Å². The van der Waals surface area contributed by atoms with Crippen molar-refractivity contribution in [3.8, 4) is 5.75 Å². The van der Waals surface area contributed by atoms with Crippen LogP contribution < -0.4 is 20.1 Å². The van der Waals surface area contributed by atoms with Gasteiger partial charge in [-0.3, -0.25) is 9.40 Å². The number of ether oxygens (including phenoxy) is 1. The summed E-state index contributed by atoms with van der Waals surface area (Å²) in [6, 6.07) is 6.65. The average molecular weight is 424 g/mol. The van der Waals surface area contributed by atoms with Gasteiger partial charge in [0.1, 0.15) is 16.6 Å². The van der Waals surface area contributed by atoms with E-state index < -0.39 is 10.0 Å². The number of methoxy groups -OCH3 is 1. The number of aromatic nitrogens is 4. The highest BCUT2D eigenvalue weighted by atomic mass is 35.5. The minimum absolute atomic E-state index is 0.261. The zero-order chi connectivity index (χ0) is 20.3. The molecule has 0 saturated heterocycles. The van der Waals surface area contributed by atoms with E-state index in [0.717, 1.165) is 6.26 Å². The zero-order valence-electron chi connectivity index (χ0n) is 15.3. The summed E-state index contributed by atoms with van der Waals surface area (Å²) in [7, 11) is -0.242. The number of aryl methyl sites for hydroxylation is 1. The van der Waals surface area contributed by atoms with Crippen molar-refractivity contribution in [1.29, 1.82) is 0 Å². The molecule has 3 aromatic rings. The molecule has 0 bridgehead atoms. The molecule has 3 rings (SSSR count). The van der Waals surface area contributed by atoms with Gasteiger partial charge in [0.2, 0.25) is 16.0 Å². The SMILES string of the molecule is COc1ccc(Nc2nc(Nc3ccnn3C)ncc2Cl)c(NS(C)(=O)=O)c1. The second-order valence-corrected chi connectivity index (χ2v) is 7.92. The van der Waals surface area contributed by atoms with Crippen LogP contribution >= 0.6 is 11.6 Å². The van der Waals surface area contributed by atoms with Crippen LogP contribution in [0.4, 0.5) is 29.0 Å². The Morgan fingerprint density at radius 1 is 1.18 bits per heavy atom. The predicted molar refractivity (Wildman–Crippen MR) is 108 cm³/mol. The summed E-state index contributed by atoms with van der Waals surface area (Å²) in [6.07, 6.45) is 4.13. The van der Waals surface area contributed by atoms with E-state index in [2.05, 4.69) is 30.4 Å². The number of halogens is 1. The lowest BCUT2D eigenvalue weighted by molar-refractivity contribution is 0.415. The molecule has 12 heteroatoms. The number of nitrogens with one attached hydrogen (secondary N) is 3. The Morgan fingerprint density at radius 2 is 1.96 bits per heavy atom. The number of hydrogen-bond acceptors (Lipinski definition) is 8. The van der Waals surface area contributed by atoms with Crippen LogP contribution in [0, 0.1) is 0 Å². The fourth-order valence-corrected chi connectivity index (χ4v) is 3.00. The van der Waals surface area contributed by atoms with Crippen LogP contribution in [0.1, 0.15) is 0 Å². The first-order valence-electron chi connectivity index (χ1n) is 7.95. The summed E-state index contributed by atoms with van der Waals surface area (Å²) >= 11 is 6.21. The molecule has 0 unspecified atom stereocenters. The van der Waals surface area contributed by atoms with E-state index in [-0.39, 0.29) is 10.7 Å². The summed E-state index contributed by atoms with van der Waals surface area (Å²) in [5.41, 5.74) is 0.732. The van der Waals surface area contributed by atoms with Gasteiger partial charge in [0.15, 0.2) is 5.82 Å². The highest BCUT2D eigenvalue weighted by molar-refractivity contribution is 7.92. The van der Waals surface area contributed by atoms with Gasteiger partial charge in [0.05, 0.1) is 37.1 Å². The summed E-state index contributed by atoms with van der Waals surface area (Å²) in [4.78, 5) is 8.49. The Balaban J connectivity index is 1.92. The topological polar surface area (TPSA) is 123 Å². The van der Waals surface area contributed by atoms with Crippen LogP contribution in [0.15, 0.2) is 36.7 Å². The Hall–Kier alpha value is -3.05. The van der Waals surface area contributed by atoms with Gasteiger partial charge in [-0.25, -0.2) is 13.4 Å². The van der Waals surface area contributed by atoms with Gasteiger partial charge in [0, 0.05) is 19.2 Å². The first-order valence-corrected chi connectivity index (χ1v) is 10.2. The van der Waals surface area contributed by atoms with Crippen molar-refractivity contribution in [2.24, 2.45) is 7.05 Å². The highest BCUT2D eigenvalue weighted by Crippen LogP contribution is 2.32. The first-order chi connectivity index (χ1) is 13.2. The second-order valence-electron chi connectivity index (χ2n) is 5.77. The molecule has 0 aliphatic rings. The van der Waals surface area contributed by atoms with Crippen LogP contribution in [-0.4, -0.2) is 41.5 Å². The molecular formula is C16H18ClN7O3S. The normalized spacial score (nSPS) is 11.1. The molecule has 0 spiro atoms. The highest BCUT2D eigenvalue weighted by Gasteiger charge is 2.13. The number of sulfonamides is 1. The molecular weight excluding hydrogens is 406 g/mol. The Labute approximate surface area is 167 Å². The molecule has 0 aliphatic heterocycles. The van der Waals surface area contributed by atoms with Crippen molar-refractivity contribution >= 4 is 50.6 Å². The van der Waals surface area contributed by atoms with Crippen molar-refractivity contribution in [3.05, 3.63) is 41.7 Å². The lowest BCUT2D eigenvalue weighted by atomic mass is 10.2. The van der Waals surface area contributed by atoms with E-state index in [1.807, 2.05) is 0 Å². The molecule has 28 heavy (non-hydrogen) atoms. The monoisotopic (exact) mass is 423 g/mol. The maximum Gasteiger partial charge on any atom is 0.230 e. The largest absolute Gasteiger partial charge is 0.497 e. The molecule has 0 amide bonds. The van der Waals surface area contributed by atoms with Crippen LogP contribution in [0.25, 0.3) is 0 Å². The van der Waals surface area contributed by atoms with Crippen molar-refractivity contribution in [2.45, 2.75) is 0 Å². The summed E-state index contributed by atoms with van der Waals surface area (Å²) in [6.45, 7) is 0. The molecule has 1 aromatic carbocycles. The molecule has 0 radical (unpaired) electrons. The van der Waals surface area contributed by atoms with E-state index in [1.165, 1.54) is 13.3 Å². The molecule has 3 N–H and O–H groups in total. The number of nitrogens with zero attached hydrogens (tertiary/aromatic N) is 4. The fourth-order valence-electron chi connectivity index (χ4n) is 2.30. The minimum atomic E-state index is -3.51. The lowest BCUT2D eigenvalue weighted by Gasteiger charge is -2.15. The maximum absolute atomic E-state index is 11.7. The summed E-state index contributed by atoms with van der Waals surface area (Å²) in [5, 5.41) is 10.4. The van der Waals surface area contributed by atoms with Crippen molar-refractivity contribution in [2.75, 3.05) is 28.7 Å². The Kier molecular flexibility index (Phi) is 5.56. The van der Waals surface area contributed by atoms with Crippen molar-refractivity contribution in [3.63, 3.8) is 0 Å². The van der Waals surface area contributed by atoms with Crippen LogP contribution in [0.3, 0.4) is 0 Å². The third-order valence-corrected chi connectivity index (χ3v) is 4.45. The summed E-state index contributed by atoms with van der Waals surface area (Å²) in [5.74, 6) is 1.77. The maximum atomic E-state index is 11.7. The molecule has 10 nitrogen and oxygen atoms in total. The molecule has 0 fully saturated rings. The van der Waals surface area contributed by atoms with Gasteiger partial charge in [-0.1, -0.05) is 11.6 Å². The van der Waals surface area contributed by atoms with Gasteiger partial charge >= 0.3 is 0 Å². The predicted octanol–water partition coefficient (Wildman–Crippen LogP) is 2.73. The standard InChI is InChI=1S/C16H18ClN7O3S/c1-24-14(6-7-19-24)21-16-18-9-11(17)15(22-16)20-12-5-4-10(27-2)8-13(12)23-28(3,25)26/h4-9,23H,1-3H3,(H2,18,20,21,22). The van der Waals surface area contributed by atoms with E-state index in [9.17, 15) is 8.42 Å². The van der Waals surface area contributed by atoms with Crippen molar-refractivity contribution in [1.82, 2.24) is 19.7 Å². The third kappa shape index (κ3) is 4.81.